The van der Waals surface area contributed by atoms with Crippen molar-refractivity contribution in [3.63, 3.8) is 0 Å². The molecule has 0 N–H and O–H groups in total. The van der Waals surface area contributed by atoms with Crippen LogP contribution in [-0.2, 0) is 9.53 Å². The fourth-order valence-electron chi connectivity index (χ4n) is 2.04. The van der Waals surface area contributed by atoms with E-state index in [1.165, 1.54) is 13.3 Å². The van der Waals surface area contributed by atoms with Crippen molar-refractivity contribution in [3.05, 3.63) is 71.4 Å². The van der Waals surface area contributed by atoms with E-state index in [9.17, 15) is 10.0 Å². The molecule has 2 aromatic rings. The van der Waals surface area contributed by atoms with Crippen LogP contribution < -0.4 is 4.46 Å². The van der Waals surface area contributed by atoms with Gasteiger partial charge in [0.25, 0.3) is 0 Å². The van der Waals surface area contributed by atoms with E-state index < -0.39 is 10.9 Å². The molecule has 2 rings (SSSR count). The summed E-state index contributed by atoms with van der Waals surface area (Å²) in [4.78, 5) is 11.7. The standard InChI is InChI=1S/C18H19NO3Se/c1-14(19(21)13-15-9-5-3-6-10-15)17(18(20)22-2)23-16-11-7-4-8-12-16/h3-14,17H,1-2H3/b19-13-. The van der Waals surface area contributed by atoms with Gasteiger partial charge in [0.15, 0.2) is 0 Å². The van der Waals surface area contributed by atoms with E-state index in [1.54, 1.807) is 6.92 Å². The van der Waals surface area contributed by atoms with Crippen molar-refractivity contribution in [1.29, 1.82) is 0 Å². The molecule has 0 spiro atoms. The van der Waals surface area contributed by atoms with Gasteiger partial charge in [0.05, 0.1) is 0 Å². The minimum atomic E-state index is -0.497. The summed E-state index contributed by atoms with van der Waals surface area (Å²) in [6.45, 7) is 1.76. The Balaban J connectivity index is 2.21. The van der Waals surface area contributed by atoms with Crippen LogP contribution in [0.25, 0.3) is 0 Å². The SMILES string of the molecule is COC(=O)C([Se]c1ccccc1)C(C)/[N+]([O-])=C/c1ccccc1. The second-order valence-electron chi connectivity index (χ2n) is 5.01. The predicted octanol–water partition coefficient (Wildman–Crippen LogP) is 2.00. The molecule has 2 unspecified atom stereocenters. The molecule has 4 nitrogen and oxygen atoms in total. The Labute approximate surface area is 142 Å². The first-order chi connectivity index (χ1) is 11.1. The van der Waals surface area contributed by atoms with Crippen molar-refractivity contribution in [2.75, 3.05) is 7.11 Å². The average molecular weight is 376 g/mol. The summed E-state index contributed by atoms with van der Waals surface area (Å²) in [5.41, 5.74) is 0.810. The van der Waals surface area contributed by atoms with E-state index in [0.29, 0.717) is 0 Å². The molecule has 2 atom stereocenters. The molecule has 23 heavy (non-hydrogen) atoms. The summed E-state index contributed by atoms with van der Waals surface area (Å²) < 4.78 is 6.82. The Morgan fingerprint density at radius 3 is 2.26 bits per heavy atom. The summed E-state index contributed by atoms with van der Waals surface area (Å²) >= 11 is -0.180. The number of benzene rings is 2. The van der Waals surface area contributed by atoms with E-state index >= 15 is 0 Å². The molecule has 120 valence electrons. The van der Waals surface area contributed by atoms with Crippen molar-refractivity contribution in [3.8, 4) is 0 Å². The average Bonchev–Trinajstić information content (AvgIpc) is 2.60. The summed E-state index contributed by atoms with van der Waals surface area (Å²) in [6, 6.07) is 18.6. The Bertz CT molecular complexity index is 658. The van der Waals surface area contributed by atoms with Gasteiger partial charge in [0.2, 0.25) is 0 Å². The molecule has 0 saturated carbocycles. The maximum absolute atomic E-state index is 12.4. The second kappa shape index (κ2) is 8.51. The first kappa shape index (κ1) is 17.3. The van der Waals surface area contributed by atoms with Gasteiger partial charge in [0, 0.05) is 0 Å². The van der Waals surface area contributed by atoms with Crippen molar-refractivity contribution in [2.45, 2.75) is 17.8 Å². The number of hydrogen-bond donors (Lipinski definition) is 0. The third kappa shape index (κ3) is 4.95. The van der Waals surface area contributed by atoms with Crippen molar-refractivity contribution >= 4 is 31.6 Å². The zero-order valence-electron chi connectivity index (χ0n) is 13.1. The summed E-state index contributed by atoms with van der Waals surface area (Å²) in [5, 5.41) is 12.4. The molecule has 0 saturated heterocycles. The van der Waals surface area contributed by atoms with Crippen molar-refractivity contribution in [1.82, 2.24) is 0 Å². The number of carbonyl (C=O) groups is 1. The maximum atomic E-state index is 12.4. The molecular weight excluding hydrogens is 357 g/mol. The van der Waals surface area contributed by atoms with Gasteiger partial charge in [-0.2, -0.15) is 0 Å². The zero-order valence-corrected chi connectivity index (χ0v) is 14.8. The molecule has 0 aliphatic carbocycles. The quantitative estimate of drug-likeness (QED) is 0.194. The first-order valence-electron chi connectivity index (χ1n) is 7.26. The van der Waals surface area contributed by atoms with Crippen LogP contribution in [0.2, 0.25) is 4.82 Å². The van der Waals surface area contributed by atoms with E-state index in [2.05, 4.69) is 0 Å². The van der Waals surface area contributed by atoms with Crippen LogP contribution in [0.1, 0.15) is 12.5 Å². The van der Waals surface area contributed by atoms with Gasteiger partial charge in [-0.05, 0) is 0 Å². The molecule has 0 aliphatic rings. The number of hydrogen-bond acceptors (Lipinski definition) is 3. The Hall–Kier alpha value is -2.10. The number of hydroxylamine groups is 1. The number of esters is 1. The minimum absolute atomic E-state index is 0.180. The number of nitrogens with zero attached hydrogens (tertiary/aromatic N) is 1. The fourth-order valence-corrected chi connectivity index (χ4v) is 4.39. The third-order valence-electron chi connectivity index (χ3n) is 3.36. The Morgan fingerprint density at radius 2 is 1.70 bits per heavy atom. The van der Waals surface area contributed by atoms with Crippen molar-refractivity contribution < 1.29 is 14.3 Å². The molecule has 5 heteroatoms. The van der Waals surface area contributed by atoms with Crippen molar-refractivity contribution in [2.24, 2.45) is 0 Å². The monoisotopic (exact) mass is 377 g/mol. The molecule has 0 bridgehead atoms. The van der Waals surface area contributed by atoms with E-state index in [-0.39, 0.29) is 20.9 Å². The molecule has 0 aromatic heterocycles. The number of rotatable bonds is 6. The molecule has 0 amide bonds. The van der Waals surface area contributed by atoms with Crippen LogP contribution in [0, 0.1) is 5.21 Å². The van der Waals surface area contributed by atoms with Crippen LogP contribution >= 0.6 is 0 Å². The van der Waals surface area contributed by atoms with Crippen LogP contribution in [0.4, 0.5) is 0 Å². The predicted molar refractivity (Wildman–Crippen MR) is 92.3 cm³/mol. The van der Waals surface area contributed by atoms with Gasteiger partial charge in [-0.3, -0.25) is 0 Å². The van der Waals surface area contributed by atoms with Crippen LogP contribution in [0.5, 0.6) is 0 Å². The van der Waals surface area contributed by atoms with E-state index in [0.717, 1.165) is 14.8 Å². The van der Waals surface area contributed by atoms with E-state index in [1.807, 2.05) is 60.7 Å². The van der Waals surface area contributed by atoms with Gasteiger partial charge in [-0.15, -0.1) is 0 Å². The topological polar surface area (TPSA) is 52.4 Å². The van der Waals surface area contributed by atoms with Crippen LogP contribution in [-0.4, -0.2) is 45.0 Å². The molecule has 0 radical (unpaired) electrons. The molecule has 0 fully saturated rings. The fraction of sp³-hybridized carbons (Fsp3) is 0.222. The summed E-state index contributed by atoms with van der Waals surface area (Å²) in [5.74, 6) is -0.344. The molecule has 0 aliphatic heterocycles. The van der Waals surface area contributed by atoms with Crippen LogP contribution in [0.15, 0.2) is 60.7 Å². The van der Waals surface area contributed by atoms with Gasteiger partial charge < -0.3 is 0 Å². The first-order valence-corrected chi connectivity index (χ1v) is 9.11. The van der Waals surface area contributed by atoms with E-state index in [4.69, 9.17) is 4.74 Å². The number of carbonyl (C=O) groups excluding carboxylic acids is 1. The second-order valence-corrected chi connectivity index (χ2v) is 7.56. The molecule has 2 aromatic carbocycles. The summed E-state index contributed by atoms with van der Waals surface area (Å²) in [7, 11) is 1.36. The van der Waals surface area contributed by atoms with Crippen LogP contribution in [0.3, 0.4) is 0 Å². The zero-order chi connectivity index (χ0) is 16.7. The summed E-state index contributed by atoms with van der Waals surface area (Å²) in [6.07, 6.45) is 1.52. The van der Waals surface area contributed by atoms with Gasteiger partial charge in [-0.25, -0.2) is 0 Å². The van der Waals surface area contributed by atoms with Gasteiger partial charge >= 0.3 is 142 Å². The Kier molecular flexibility index (Phi) is 6.39. The van der Waals surface area contributed by atoms with Gasteiger partial charge in [-0.1, -0.05) is 0 Å². The normalized spacial score (nSPS) is 14.1. The van der Waals surface area contributed by atoms with Gasteiger partial charge in [0.1, 0.15) is 0 Å². The number of ether oxygens (including phenoxy) is 1. The Morgan fingerprint density at radius 1 is 1.13 bits per heavy atom. The third-order valence-corrected chi connectivity index (χ3v) is 6.26. The molecule has 0 heterocycles. The number of methoxy groups -OCH3 is 1. The molecular formula is C18H19NO3Se.